The third-order valence-corrected chi connectivity index (χ3v) is 4.73. The van der Waals surface area contributed by atoms with Crippen LogP contribution >= 0.6 is 0 Å². The number of aromatic nitrogens is 3. The molecule has 1 aromatic carbocycles. The van der Waals surface area contributed by atoms with Crippen molar-refractivity contribution in [3.63, 3.8) is 0 Å². The molecule has 2 N–H and O–H groups in total. The molecule has 0 fully saturated rings. The lowest BCUT2D eigenvalue weighted by Gasteiger charge is -2.25. The largest absolute Gasteiger partial charge is 0.484 e. The first-order valence-corrected chi connectivity index (χ1v) is 10.6. The number of pyridine rings is 1. The number of aliphatic hydroxyl groups excluding tert-OH is 1. The molecule has 4 rings (SSSR count). The summed E-state index contributed by atoms with van der Waals surface area (Å²) in [4.78, 5) is 20.6. The maximum absolute atomic E-state index is 12.0. The highest BCUT2D eigenvalue weighted by Crippen LogP contribution is 2.34. The van der Waals surface area contributed by atoms with Crippen molar-refractivity contribution in [3.8, 4) is 23.0 Å². The second kappa shape index (κ2) is 9.45. The second-order valence-electron chi connectivity index (χ2n) is 8.59. The van der Waals surface area contributed by atoms with Crippen LogP contribution in [0.5, 0.6) is 11.6 Å². The first-order valence-electron chi connectivity index (χ1n) is 10.6. The van der Waals surface area contributed by atoms with Crippen LogP contribution in [-0.4, -0.2) is 51.2 Å². The number of nitrogens with zero attached hydrogens (tertiary/aromatic N) is 3. The van der Waals surface area contributed by atoms with E-state index in [1.807, 2.05) is 30.3 Å². The minimum Gasteiger partial charge on any atom is -0.484 e. The Hall–Kier alpha value is -3.66. The van der Waals surface area contributed by atoms with Gasteiger partial charge in [0.2, 0.25) is 11.7 Å². The Morgan fingerprint density at radius 1 is 1.30 bits per heavy atom. The fraction of sp³-hybridized carbons (Fsp3) is 0.391. The predicted octanol–water partition coefficient (Wildman–Crippen LogP) is 3.07. The number of hydrogen-bond acceptors (Lipinski definition) is 9. The van der Waals surface area contributed by atoms with Crippen LogP contribution < -0.4 is 14.8 Å². The molecular weight excluding hydrogens is 428 g/mol. The van der Waals surface area contributed by atoms with E-state index in [2.05, 4.69) is 20.4 Å². The van der Waals surface area contributed by atoms with Crippen molar-refractivity contribution < 1.29 is 28.6 Å². The standard InChI is InChI=1S/C23H26N4O6/c1-23(2,3)32-22(29)25-16(12-28)11-19-26-20(27-33-19)15-7-4-6-14(10-15)18-13-30-17-8-5-9-24-21(17)31-18/h4-10,16,18,28H,11-13H2,1-3H3,(H,25,29)/t16-,18-/m0/s1. The molecule has 174 valence electrons. The van der Waals surface area contributed by atoms with Gasteiger partial charge in [0.15, 0.2) is 11.9 Å². The molecule has 3 aromatic rings. The zero-order valence-electron chi connectivity index (χ0n) is 18.6. The number of carbonyl (C=O) groups excluding carboxylic acids is 1. The molecule has 3 heterocycles. The molecule has 10 nitrogen and oxygen atoms in total. The minimum absolute atomic E-state index is 0.157. The first-order chi connectivity index (χ1) is 15.8. The van der Waals surface area contributed by atoms with Gasteiger partial charge in [0.1, 0.15) is 12.2 Å². The number of hydrogen-bond donors (Lipinski definition) is 2. The molecule has 0 spiro atoms. The summed E-state index contributed by atoms with van der Waals surface area (Å²) in [6.45, 7) is 5.34. The van der Waals surface area contributed by atoms with Gasteiger partial charge >= 0.3 is 6.09 Å². The van der Waals surface area contributed by atoms with Crippen LogP contribution in [0.4, 0.5) is 4.79 Å². The van der Waals surface area contributed by atoms with Gasteiger partial charge in [0.25, 0.3) is 5.88 Å². The highest BCUT2D eigenvalue weighted by atomic mass is 16.6. The molecule has 10 heteroatoms. The van der Waals surface area contributed by atoms with Crippen LogP contribution in [0.2, 0.25) is 0 Å². The van der Waals surface area contributed by atoms with E-state index in [1.165, 1.54) is 0 Å². The van der Waals surface area contributed by atoms with Crippen LogP contribution in [0.3, 0.4) is 0 Å². The molecular formula is C23H26N4O6. The number of carbonyl (C=O) groups is 1. The van der Waals surface area contributed by atoms with Crippen LogP contribution in [0.15, 0.2) is 47.1 Å². The van der Waals surface area contributed by atoms with Crippen molar-refractivity contribution in [1.29, 1.82) is 0 Å². The summed E-state index contributed by atoms with van der Waals surface area (Å²) in [7, 11) is 0. The third kappa shape index (κ3) is 5.78. The average molecular weight is 454 g/mol. The Morgan fingerprint density at radius 3 is 2.94 bits per heavy atom. The van der Waals surface area contributed by atoms with E-state index >= 15 is 0 Å². The minimum atomic E-state index is -0.641. The van der Waals surface area contributed by atoms with Gasteiger partial charge in [0, 0.05) is 18.2 Å². The van der Waals surface area contributed by atoms with Crippen LogP contribution in [-0.2, 0) is 11.2 Å². The fourth-order valence-corrected chi connectivity index (χ4v) is 3.25. The molecule has 0 radical (unpaired) electrons. The van der Waals surface area contributed by atoms with Crippen molar-refractivity contribution in [2.45, 2.75) is 44.9 Å². The van der Waals surface area contributed by atoms with Crippen LogP contribution in [0.25, 0.3) is 11.4 Å². The number of fused-ring (bicyclic) bond motifs is 1. The van der Waals surface area contributed by atoms with Gasteiger partial charge in [-0.25, -0.2) is 9.78 Å². The molecule has 0 aliphatic carbocycles. The van der Waals surface area contributed by atoms with E-state index < -0.39 is 17.7 Å². The molecule has 0 saturated heterocycles. The van der Waals surface area contributed by atoms with E-state index in [9.17, 15) is 9.90 Å². The summed E-state index contributed by atoms with van der Waals surface area (Å²) >= 11 is 0. The fourth-order valence-electron chi connectivity index (χ4n) is 3.25. The SMILES string of the molecule is CC(C)(C)OC(=O)N[C@H](CO)Cc1nc(-c2cccc([C@@H]3COc4cccnc4O3)c2)no1. The maximum atomic E-state index is 12.0. The Labute approximate surface area is 190 Å². The summed E-state index contributed by atoms with van der Waals surface area (Å²) in [5, 5.41) is 16.3. The van der Waals surface area contributed by atoms with Gasteiger partial charge in [-0.2, -0.15) is 4.98 Å². The topological polar surface area (TPSA) is 129 Å². The zero-order valence-corrected chi connectivity index (χ0v) is 18.6. The predicted molar refractivity (Wildman–Crippen MR) is 117 cm³/mol. The highest BCUT2D eigenvalue weighted by Gasteiger charge is 2.25. The zero-order chi connectivity index (χ0) is 23.4. The van der Waals surface area contributed by atoms with Gasteiger partial charge in [-0.15, -0.1) is 0 Å². The smallest absolute Gasteiger partial charge is 0.407 e. The number of benzene rings is 1. The van der Waals surface area contributed by atoms with Gasteiger partial charge in [-0.1, -0.05) is 23.4 Å². The first kappa shape index (κ1) is 22.5. The summed E-state index contributed by atoms with van der Waals surface area (Å²) in [6.07, 6.45) is 0.860. The van der Waals surface area contributed by atoms with Crippen molar-refractivity contribution in [1.82, 2.24) is 20.4 Å². The number of aliphatic hydroxyl groups is 1. The average Bonchev–Trinajstić information content (AvgIpc) is 3.25. The van der Waals surface area contributed by atoms with Gasteiger partial charge < -0.3 is 29.2 Å². The lowest BCUT2D eigenvalue weighted by molar-refractivity contribution is 0.0480. The number of ether oxygens (including phenoxy) is 3. The maximum Gasteiger partial charge on any atom is 0.407 e. The lowest BCUT2D eigenvalue weighted by Crippen LogP contribution is -2.42. The molecule has 1 aliphatic heterocycles. The van der Waals surface area contributed by atoms with Crippen LogP contribution in [0, 0.1) is 0 Å². The number of nitrogens with one attached hydrogen (secondary N) is 1. The van der Waals surface area contributed by atoms with Crippen LogP contribution in [0.1, 0.15) is 38.3 Å². The van der Waals surface area contributed by atoms with Crippen molar-refractivity contribution >= 4 is 6.09 Å². The molecule has 0 saturated carbocycles. The van der Waals surface area contributed by atoms with E-state index in [0.29, 0.717) is 24.1 Å². The molecule has 2 atom stereocenters. The molecule has 0 unspecified atom stereocenters. The summed E-state index contributed by atoms with van der Waals surface area (Å²) < 4.78 is 22.3. The van der Waals surface area contributed by atoms with E-state index in [1.54, 1.807) is 33.0 Å². The highest BCUT2D eigenvalue weighted by molar-refractivity contribution is 5.68. The lowest BCUT2D eigenvalue weighted by atomic mass is 10.1. The normalized spacial score (nSPS) is 16.2. The monoisotopic (exact) mass is 454 g/mol. The van der Waals surface area contributed by atoms with Gasteiger partial charge in [0.05, 0.1) is 12.6 Å². The molecule has 0 bridgehead atoms. The molecule has 33 heavy (non-hydrogen) atoms. The van der Waals surface area contributed by atoms with Gasteiger partial charge in [-0.3, -0.25) is 0 Å². The summed E-state index contributed by atoms with van der Waals surface area (Å²) in [5.41, 5.74) is 0.978. The quantitative estimate of drug-likeness (QED) is 0.577. The number of alkyl carbamates (subject to hydrolysis) is 1. The Morgan fingerprint density at radius 2 is 2.15 bits per heavy atom. The number of amides is 1. The Balaban J connectivity index is 1.43. The van der Waals surface area contributed by atoms with E-state index in [0.717, 1.165) is 11.1 Å². The van der Waals surface area contributed by atoms with Gasteiger partial charge in [-0.05, 0) is 44.5 Å². The Bertz CT molecular complexity index is 1110. The summed E-state index contributed by atoms with van der Waals surface area (Å²) in [5.74, 6) is 1.73. The third-order valence-electron chi connectivity index (χ3n) is 4.73. The second-order valence-corrected chi connectivity index (χ2v) is 8.59. The summed E-state index contributed by atoms with van der Waals surface area (Å²) in [6, 6.07) is 10.5. The molecule has 1 aliphatic rings. The van der Waals surface area contributed by atoms with Crippen molar-refractivity contribution in [2.75, 3.05) is 13.2 Å². The number of rotatable bonds is 6. The van der Waals surface area contributed by atoms with Crippen molar-refractivity contribution in [2.24, 2.45) is 0 Å². The van der Waals surface area contributed by atoms with E-state index in [4.69, 9.17) is 18.7 Å². The van der Waals surface area contributed by atoms with Crippen molar-refractivity contribution in [3.05, 3.63) is 54.0 Å². The van der Waals surface area contributed by atoms with E-state index in [-0.39, 0.29) is 25.0 Å². The molecule has 2 aromatic heterocycles. The molecule has 1 amide bonds. The Kier molecular flexibility index (Phi) is 6.45.